The van der Waals surface area contributed by atoms with Gasteiger partial charge in [-0.1, -0.05) is 6.07 Å². The molecule has 0 saturated carbocycles. The highest BCUT2D eigenvalue weighted by Gasteiger charge is 2.17. The summed E-state index contributed by atoms with van der Waals surface area (Å²) >= 11 is 0. The van der Waals surface area contributed by atoms with Crippen LogP contribution in [0, 0.1) is 5.92 Å². The lowest BCUT2D eigenvalue weighted by atomic mass is 10.1. The van der Waals surface area contributed by atoms with Crippen LogP contribution in [0.25, 0.3) is 0 Å². The first-order valence-electron chi connectivity index (χ1n) is 7.05. The van der Waals surface area contributed by atoms with E-state index in [9.17, 15) is 8.42 Å². The van der Waals surface area contributed by atoms with Crippen LogP contribution in [0.1, 0.15) is 19.8 Å². The summed E-state index contributed by atoms with van der Waals surface area (Å²) in [7, 11) is -3.44. The van der Waals surface area contributed by atoms with Crippen molar-refractivity contribution in [2.45, 2.75) is 24.7 Å². The van der Waals surface area contributed by atoms with E-state index in [4.69, 9.17) is 4.74 Å². The number of ether oxygens (including phenoxy) is 1. The molecule has 7 heteroatoms. The van der Waals surface area contributed by atoms with Gasteiger partial charge in [-0.2, -0.15) is 0 Å². The molecular formula is C14H23ClN2O3S. The van der Waals surface area contributed by atoms with E-state index in [1.54, 1.807) is 24.3 Å². The van der Waals surface area contributed by atoms with Gasteiger partial charge in [-0.05, 0) is 50.9 Å². The first-order chi connectivity index (χ1) is 9.62. The third-order valence-electron chi connectivity index (χ3n) is 3.43. The van der Waals surface area contributed by atoms with Crippen LogP contribution >= 0.6 is 12.4 Å². The molecule has 1 saturated heterocycles. The van der Waals surface area contributed by atoms with Crippen LogP contribution in [0.2, 0.25) is 0 Å². The van der Waals surface area contributed by atoms with Crippen molar-refractivity contribution in [3.63, 3.8) is 0 Å². The van der Waals surface area contributed by atoms with Crippen molar-refractivity contribution in [1.82, 2.24) is 10.0 Å². The van der Waals surface area contributed by atoms with Crippen LogP contribution in [-0.4, -0.2) is 34.7 Å². The van der Waals surface area contributed by atoms with Crippen LogP contribution < -0.4 is 14.8 Å². The Morgan fingerprint density at radius 1 is 1.43 bits per heavy atom. The number of benzene rings is 1. The van der Waals surface area contributed by atoms with Crippen molar-refractivity contribution in [2.75, 3.05) is 26.2 Å². The van der Waals surface area contributed by atoms with Crippen LogP contribution in [0.5, 0.6) is 5.75 Å². The maximum atomic E-state index is 12.2. The first-order valence-corrected chi connectivity index (χ1v) is 8.53. The van der Waals surface area contributed by atoms with Crippen molar-refractivity contribution < 1.29 is 13.2 Å². The van der Waals surface area contributed by atoms with E-state index in [1.807, 2.05) is 6.92 Å². The second-order valence-corrected chi connectivity index (χ2v) is 6.72. The molecule has 0 bridgehead atoms. The molecule has 1 atom stereocenters. The van der Waals surface area contributed by atoms with E-state index >= 15 is 0 Å². The van der Waals surface area contributed by atoms with Gasteiger partial charge in [0, 0.05) is 12.6 Å². The number of rotatable bonds is 7. The predicted octanol–water partition coefficient (Wildman–Crippen LogP) is 1.78. The molecule has 21 heavy (non-hydrogen) atoms. The minimum Gasteiger partial charge on any atom is -0.494 e. The average molecular weight is 335 g/mol. The van der Waals surface area contributed by atoms with Crippen molar-refractivity contribution in [1.29, 1.82) is 0 Å². The summed E-state index contributed by atoms with van der Waals surface area (Å²) in [4.78, 5) is 0.257. The number of hydrogen-bond acceptors (Lipinski definition) is 4. The Morgan fingerprint density at radius 2 is 2.24 bits per heavy atom. The molecule has 1 aliphatic heterocycles. The molecule has 1 aliphatic rings. The predicted molar refractivity (Wildman–Crippen MR) is 85.6 cm³/mol. The molecule has 5 nitrogen and oxygen atoms in total. The largest absolute Gasteiger partial charge is 0.494 e. The zero-order chi connectivity index (χ0) is 14.4. The van der Waals surface area contributed by atoms with E-state index in [-0.39, 0.29) is 17.3 Å². The number of nitrogens with one attached hydrogen (secondary N) is 2. The van der Waals surface area contributed by atoms with Crippen LogP contribution in [0.4, 0.5) is 0 Å². The highest BCUT2D eigenvalue weighted by molar-refractivity contribution is 7.89. The molecular weight excluding hydrogens is 312 g/mol. The highest BCUT2D eigenvalue weighted by Crippen LogP contribution is 2.18. The summed E-state index contributed by atoms with van der Waals surface area (Å²) in [6, 6.07) is 6.60. The molecule has 1 unspecified atom stereocenters. The Hall–Kier alpha value is -0.820. The van der Waals surface area contributed by atoms with Gasteiger partial charge >= 0.3 is 0 Å². The SMILES string of the molecule is CCOc1cccc(S(=O)(=O)NCCC2CCNC2)c1.Cl. The lowest BCUT2D eigenvalue weighted by Gasteiger charge is -2.11. The summed E-state index contributed by atoms with van der Waals surface area (Å²) in [5.41, 5.74) is 0. The van der Waals surface area contributed by atoms with Crippen molar-refractivity contribution in [3.8, 4) is 5.75 Å². The molecule has 0 amide bonds. The van der Waals surface area contributed by atoms with E-state index in [0.29, 0.717) is 24.8 Å². The van der Waals surface area contributed by atoms with Crippen LogP contribution in [-0.2, 0) is 10.0 Å². The Labute approximate surface area is 132 Å². The third kappa shape index (κ3) is 5.47. The molecule has 0 radical (unpaired) electrons. The van der Waals surface area contributed by atoms with Gasteiger partial charge in [0.15, 0.2) is 0 Å². The molecule has 0 aliphatic carbocycles. The molecule has 1 aromatic rings. The van der Waals surface area contributed by atoms with Crippen LogP contribution in [0.15, 0.2) is 29.2 Å². The van der Waals surface area contributed by atoms with Gasteiger partial charge in [0.05, 0.1) is 11.5 Å². The Kier molecular flexibility index (Phi) is 7.45. The smallest absolute Gasteiger partial charge is 0.240 e. The van der Waals surface area contributed by atoms with Gasteiger partial charge in [-0.25, -0.2) is 13.1 Å². The fourth-order valence-electron chi connectivity index (χ4n) is 2.34. The Morgan fingerprint density at radius 3 is 2.90 bits per heavy atom. The molecule has 1 fully saturated rings. The van der Waals surface area contributed by atoms with Gasteiger partial charge in [0.2, 0.25) is 10.0 Å². The summed E-state index contributed by atoms with van der Waals surface area (Å²) in [5, 5.41) is 3.28. The van der Waals surface area contributed by atoms with Crippen molar-refractivity contribution in [2.24, 2.45) is 5.92 Å². The fourth-order valence-corrected chi connectivity index (χ4v) is 3.42. The lowest BCUT2D eigenvalue weighted by molar-refractivity contribution is 0.339. The summed E-state index contributed by atoms with van der Waals surface area (Å²) in [6.45, 7) is 4.89. The van der Waals surface area contributed by atoms with E-state index in [2.05, 4.69) is 10.0 Å². The van der Waals surface area contributed by atoms with Gasteiger partial charge < -0.3 is 10.1 Å². The average Bonchev–Trinajstić information content (AvgIpc) is 2.92. The minimum atomic E-state index is -3.44. The molecule has 2 N–H and O–H groups in total. The maximum absolute atomic E-state index is 12.2. The Balaban J connectivity index is 0.00000220. The molecule has 2 rings (SSSR count). The molecule has 1 aromatic carbocycles. The fraction of sp³-hybridized carbons (Fsp3) is 0.571. The first kappa shape index (κ1) is 18.2. The maximum Gasteiger partial charge on any atom is 0.240 e. The van der Waals surface area contributed by atoms with Crippen molar-refractivity contribution >= 4 is 22.4 Å². The minimum absolute atomic E-state index is 0. The summed E-state index contributed by atoms with van der Waals surface area (Å²) in [6.07, 6.45) is 2.00. The Bertz CT molecular complexity index is 531. The number of halogens is 1. The van der Waals surface area contributed by atoms with E-state index in [0.717, 1.165) is 25.9 Å². The van der Waals surface area contributed by atoms with Crippen LogP contribution in [0.3, 0.4) is 0 Å². The van der Waals surface area contributed by atoms with Crippen molar-refractivity contribution in [3.05, 3.63) is 24.3 Å². The number of hydrogen-bond donors (Lipinski definition) is 2. The number of sulfonamides is 1. The summed E-state index contributed by atoms with van der Waals surface area (Å²) < 4.78 is 32.3. The standard InChI is InChI=1S/C14H22N2O3S.ClH/c1-2-19-13-4-3-5-14(10-13)20(17,18)16-9-7-12-6-8-15-11-12;/h3-5,10,12,15-16H,2,6-9,11H2,1H3;1H. The lowest BCUT2D eigenvalue weighted by Crippen LogP contribution is -2.26. The zero-order valence-corrected chi connectivity index (χ0v) is 13.8. The molecule has 0 spiro atoms. The van der Waals surface area contributed by atoms with Gasteiger partial charge in [-0.3, -0.25) is 0 Å². The summed E-state index contributed by atoms with van der Waals surface area (Å²) in [5.74, 6) is 1.16. The topological polar surface area (TPSA) is 67.4 Å². The molecule has 120 valence electrons. The van der Waals surface area contributed by atoms with Gasteiger partial charge in [0.25, 0.3) is 0 Å². The van der Waals surface area contributed by atoms with E-state index in [1.165, 1.54) is 0 Å². The monoisotopic (exact) mass is 334 g/mol. The quantitative estimate of drug-likeness (QED) is 0.797. The second kappa shape index (κ2) is 8.58. The normalized spacial score (nSPS) is 18.2. The van der Waals surface area contributed by atoms with E-state index < -0.39 is 10.0 Å². The zero-order valence-electron chi connectivity index (χ0n) is 12.2. The van der Waals surface area contributed by atoms with Gasteiger partial charge in [0.1, 0.15) is 5.75 Å². The molecule has 1 heterocycles. The van der Waals surface area contributed by atoms with Gasteiger partial charge in [-0.15, -0.1) is 12.4 Å². The highest BCUT2D eigenvalue weighted by atomic mass is 35.5. The third-order valence-corrected chi connectivity index (χ3v) is 4.89. The molecule has 0 aromatic heterocycles. The second-order valence-electron chi connectivity index (χ2n) is 4.95.